The van der Waals surface area contributed by atoms with Crippen molar-refractivity contribution in [3.8, 4) is 0 Å². The molecular formula is C48H99N2O6P. The van der Waals surface area contributed by atoms with Crippen LogP contribution in [0.4, 0.5) is 0 Å². The minimum Gasteiger partial charge on any atom is -0.756 e. The van der Waals surface area contributed by atoms with Crippen LogP contribution in [0.2, 0.25) is 0 Å². The van der Waals surface area contributed by atoms with Crippen molar-refractivity contribution >= 4 is 13.7 Å². The van der Waals surface area contributed by atoms with Crippen LogP contribution in [0.25, 0.3) is 0 Å². The quantitative estimate of drug-likeness (QED) is 0.0359. The summed E-state index contributed by atoms with van der Waals surface area (Å²) in [6, 6.07) is -0.791. The van der Waals surface area contributed by atoms with E-state index in [2.05, 4.69) is 19.2 Å². The summed E-state index contributed by atoms with van der Waals surface area (Å²) in [5.74, 6) is -0.165. The lowest BCUT2D eigenvalue weighted by molar-refractivity contribution is -0.870. The number of aliphatic hydroxyl groups excluding tert-OH is 1. The van der Waals surface area contributed by atoms with Crippen molar-refractivity contribution in [2.24, 2.45) is 0 Å². The molecule has 0 radical (unpaired) electrons. The number of unbranched alkanes of at least 4 members (excludes halogenated alkanes) is 33. The van der Waals surface area contributed by atoms with Crippen LogP contribution in [0, 0.1) is 0 Å². The molecule has 0 rings (SSSR count). The number of nitrogens with zero attached hydrogens (tertiary/aromatic N) is 1. The van der Waals surface area contributed by atoms with Crippen LogP contribution in [0.1, 0.15) is 251 Å². The first-order valence-corrected chi connectivity index (χ1v) is 26.3. The van der Waals surface area contributed by atoms with E-state index < -0.39 is 20.0 Å². The molecule has 0 aromatic rings. The number of phosphoric ester groups is 1. The first kappa shape index (κ1) is 56.5. The van der Waals surface area contributed by atoms with Crippen LogP contribution in [-0.4, -0.2) is 68.5 Å². The summed E-state index contributed by atoms with van der Waals surface area (Å²) in [6.45, 7) is 4.68. The summed E-state index contributed by atoms with van der Waals surface area (Å²) in [6.07, 6.45) is 46.0. The van der Waals surface area contributed by atoms with Gasteiger partial charge in [0.15, 0.2) is 0 Å². The van der Waals surface area contributed by atoms with Gasteiger partial charge in [0.05, 0.1) is 39.9 Å². The molecule has 0 spiro atoms. The van der Waals surface area contributed by atoms with Gasteiger partial charge in [-0.3, -0.25) is 9.36 Å². The third-order valence-electron chi connectivity index (χ3n) is 11.6. The topological polar surface area (TPSA) is 108 Å². The standard InChI is InChI=1S/C48H99N2O6P/c1-6-8-10-12-14-15-16-17-18-19-20-21-22-23-24-25-26-27-28-29-30-31-32-33-34-35-36-38-40-42-48(52)49-46(47(51)41-39-37-13-11-9-7-2)45-56-57(53,54)55-44-43-50(3,4)5/h46-47,51H,6-45H2,1-5H3,(H-,49,52,53,54). The van der Waals surface area contributed by atoms with Gasteiger partial charge < -0.3 is 28.8 Å². The maximum absolute atomic E-state index is 12.8. The van der Waals surface area contributed by atoms with Crippen LogP contribution in [0.3, 0.4) is 0 Å². The Morgan fingerprint density at radius 3 is 1.19 bits per heavy atom. The number of phosphoric acid groups is 1. The van der Waals surface area contributed by atoms with Crippen molar-refractivity contribution < 1.29 is 32.9 Å². The second kappa shape index (κ2) is 40.9. The van der Waals surface area contributed by atoms with Gasteiger partial charge in [-0.2, -0.15) is 0 Å². The largest absolute Gasteiger partial charge is 0.756 e. The molecule has 0 heterocycles. The van der Waals surface area contributed by atoms with E-state index in [-0.39, 0.29) is 19.1 Å². The number of carbonyl (C=O) groups excluding carboxylic acids is 1. The minimum absolute atomic E-state index is 0.0152. The summed E-state index contributed by atoms with van der Waals surface area (Å²) >= 11 is 0. The SMILES string of the molecule is CCCCCCCCCCCCCCCCCCCCCCCCCCCCCCCC(=O)NC(COP(=O)([O-])OCC[N+](C)(C)C)C(O)CCCCCCCC. The first-order chi connectivity index (χ1) is 27.5. The Kier molecular flexibility index (Phi) is 40.5. The van der Waals surface area contributed by atoms with E-state index in [1.807, 2.05) is 21.1 Å². The number of hydrogen-bond donors (Lipinski definition) is 2. The fourth-order valence-electron chi connectivity index (χ4n) is 7.63. The first-order valence-electron chi connectivity index (χ1n) is 24.9. The molecular weight excluding hydrogens is 732 g/mol. The van der Waals surface area contributed by atoms with Crippen molar-refractivity contribution in [2.45, 2.75) is 264 Å². The molecule has 2 N–H and O–H groups in total. The summed E-state index contributed by atoms with van der Waals surface area (Å²) < 4.78 is 23.1. The number of quaternary nitrogens is 1. The molecule has 0 aromatic carbocycles. The van der Waals surface area contributed by atoms with Gasteiger partial charge >= 0.3 is 0 Å². The summed E-state index contributed by atoms with van der Waals surface area (Å²) in [4.78, 5) is 25.2. The number of hydrogen-bond acceptors (Lipinski definition) is 6. The molecule has 0 aliphatic carbocycles. The Morgan fingerprint density at radius 2 is 0.860 bits per heavy atom. The summed E-state index contributed by atoms with van der Waals surface area (Å²) in [7, 11) is 1.31. The predicted octanol–water partition coefficient (Wildman–Crippen LogP) is 13.5. The lowest BCUT2D eigenvalue weighted by atomic mass is 10.0. The number of carbonyl (C=O) groups is 1. The zero-order valence-corrected chi connectivity index (χ0v) is 39.7. The van der Waals surface area contributed by atoms with Gasteiger partial charge in [-0.1, -0.05) is 232 Å². The van der Waals surface area contributed by atoms with Gasteiger partial charge in [0.2, 0.25) is 5.91 Å². The highest BCUT2D eigenvalue weighted by Gasteiger charge is 2.24. The molecule has 3 atom stereocenters. The molecule has 0 saturated carbocycles. The van der Waals surface area contributed by atoms with Crippen LogP contribution in [0.15, 0.2) is 0 Å². The summed E-state index contributed by atoms with van der Waals surface area (Å²) in [5, 5.41) is 13.8. The highest BCUT2D eigenvalue weighted by molar-refractivity contribution is 7.45. The van der Waals surface area contributed by atoms with E-state index in [0.29, 0.717) is 23.9 Å². The zero-order chi connectivity index (χ0) is 42.1. The van der Waals surface area contributed by atoms with E-state index in [9.17, 15) is 19.4 Å². The Hall–Kier alpha value is -0.500. The summed E-state index contributed by atoms with van der Waals surface area (Å²) in [5.41, 5.74) is 0. The maximum atomic E-state index is 12.8. The second-order valence-corrected chi connectivity index (χ2v) is 19.9. The van der Waals surface area contributed by atoms with Gasteiger partial charge in [-0.25, -0.2) is 0 Å². The smallest absolute Gasteiger partial charge is 0.268 e. The Balaban J connectivity index is 3.84. The monoisotopic (exact) mass is 831 g/mol. The lowest BCUT2D eigenvalue weighted by Gasteiger charge is -2.30. The molecule has 0 aliphatic rings. The Bertz CT molecular complexity index is 901. The van der Waals surface area contributed by atoms with Crippen molar-refractivity contribution in [2.75, 3.05) is 40.9 Å². The Morgan fingerprint density at radius 1 is 0.544 bits per heavy atom. The number of likely N-dealkylation sites (N-methyl/N-ethyl adjacent to an activating group) is 1. The fraction of sp³-hybridized carbons (Fsp3) is 0.979. The van der Waals surface area contributed by atoms with Gasteiger partial charge in [0, 0.05) is 6.42 Å². The van der Waals surface area contributed by atoms with Crippen LogP contribution in [0.5, 0.6) is 0 Å². The average molecular weight is 831 g/mol. The van der Waals surface area contributed by atoms with E-state index in [4.69, 9.17) is 9.05 Å². The van der Waals surface area contributed by atoms with Crippen LogP contribution >= 0.6 is 7.82 Å². The average Bonchev–Trinajstić information content (AvgIpc) is 3.16. The van der Waals surface area contributed by atoms with Crippen LogP contribution < -0.4 is 10.2 Å². The van der Waals surface area contributed by atoms with Crippen molar-refractivity contribution in [3.05, 3.63) is 0 Å². The van der Waals surface area contributed by atoms with E-state index in [0.717, 1.165) is 38.5 Å². The molecule has 0 aromatic heterocycles. The highest BCUT2D eigenvalue weighted by Crippen LogP contribution is 2.38. The number of nitrogens with one attached hydrogen (secondary N) is 1. The maximum Gasteiger partial charge on any atom is 0.268 e. The van der Waals surface area contributed by atoms with Gasteiger partial charge in [0.1, 0.15) is 13.2 Å². The van der Waals surface area contributed by atoms with E-state index in [1.165, 1.54) is 186 Å². The van der Waals surface area contributed by atoms with Crippen molar-refractivity contribution in [3.63, 3.8) is 0 Å². The molecule has 3 unspecified atom stereocenters. The highest BCUT2D eigenvalue weighted by atomic mass is 31.2. The molecule has 57 heavy (non-hydrogen) atoms. The molecule has 0 aliphatic heterocycles. The Labute approximate surface area is 355 Å². The number of aliphatic hydroxyl groups is 1. The third kappa shape index (κ3) is 43.4. The predicted molar refractivity (Wildman–Crippen MR) is 243 cm³/mol. The second-order valence-electron chi connectivity index (χ2n) is 18.5. The van der Waals surface area contributed by atoms with Gasteiger partial charge in [-0.05, 0) is 12.8 Å². The zero-order valence-electron chi connectivity index (χ0n) is 38.8. The van der Waals surface area contributed by atoms with E-state index in [1.54, 1.807) is 0 Å². The minimum atomic E-state index is -4.55. The normalized spacial score (nSPS) is 14.2. The molecule has 9 heteroatoms. The van der Waals surface area contributed by atoms with E-state index >= 15 is 0 Å². The van der Waals surface area contributed by atoms with Gasteiger partial charge in [0.25, 0.3) is 7.82 Å². The molecule has 0 fully saturated rings. The van der Waals surface area contributed by atoms with Gasteiger partial charge in [-0.15, -0.1) is 0 Å². The molecule has 1 amide bonds. The number of amides is 1. The van der Waals surface area contributed by atoms with Crippen LogP contribution in [-0.2, 0) is 18.4 Å². The van der Waals surface area contributed by atoms with Crippen molar-refractivity contribution in [1.29, 1.82) is 0 Å². The third-order valence-corrected chi connectivity index (χ3v) is 12.6. The number of rotatable bonds is 46. The lowest BCUT2D eigenvalue weighted by Crippen LogP contribution is -2.46. The fourth-order valence-corrected chi connectivity index (χ4v) is 8.35. The molecule has 0 saturated heterocycles. The molecule has 8 nitrogen and oxygen atoms in total. The molecule has 342 valence electrons. The molecule has 0 bridgehead atoms. The van der Waals surface area contributed by atoms with Crippen molar-refractivity contribution in [1.82, 2.24) is 5.32 Å².